The first-order valence-corrected chi connectivity index (χ1v) is 12.4. The van der Waals surface area contributed by atoms with E-state index in [0.29, 0.717) is 25.9 Å². The average molecular weight is 465 g/mol. The van der Waals surface area contributed by atoms with Gasteiger partial charge in [-0.05, 0) is 37.1 Å². The third-order valence-corrected chi connectivity index (χ3v) is 7.41. The molecule has 0 aromatic heterocycles. The van der Waals surface area contributed by atoms with Crippen LogP contribution in [-0.4, -0.2) is 34.2 Å². The summed E-state index contributed by atoms with van der Waals surface area (Å²) in [6.07, 6.45) is 1.27. The van der Waals surface area contributed by atoms with E-state index in [-0.39, 0.29) is 31.0 Å². The molecular formula is C18H22Cl2N2O4S2. The summed E-state index contributed by atoms with van der Waals surface area (Å²) in [7, 11) is -8.06. The summed E-state index contributed by atoms with van der Waals surface area (Å²) in [6, 6.07) is 8.42. The minimum absolute atomic E-state index is 0.0749. The van der Waals surface area contributed by atoms with Crippen LogP contribution in [0.15, 0.2) is 46.2 Å². The Labute approximate surface area is 176 Å². The van der Waals surface area contributed by atoms with E-state index in [9.17, 15) is 16.8 Å². The van der Waals surface area contributed by atoms with E-state index in [0.717, 1.165) is 0 Å². The van der Waals surface area contributed by atoms with Crippen molar-refractivity contribution in [3.05, 3.63) is 46.4 Å². The molecule has 28 heavy (non-hydrogen) atoms. The first-order chi connectivity index (χ1) is 13.0. The van der Waals surface area contributed by atoms with Crippen LogP contribution in [0.25, 0.3) is 11.1 Å². The molecule has 0 saturated heterocycles. The Morgan fingerprint density at radius 3 is 1.68 bits per heavy atom. The molecule has 0 aliphatic rings. The maximum Gasteiger partial charge on any atom is 0.243 e. The van der Waals surface area contributed by atoms with E-state index < -0.39 is 20.0 Å². The van der Waals surface area contributed by atoms with Crippen molar-refractivity contribution >= 4 is 43.2 Å². The van der Waals surface area contributed by atoms with Crippen LogP contribution in [0.5, 0.6) is 0 Å². The fourth-order valence-corrected chi connectivity index (χ4v) is 5.98. The second kappa shape index (κ2) is 9.11. The zero-order valence-corrected chi connectivity index (χ0v) is 18.7. The highest BCUT2D eigenvalue weighted by Gasteiger charge is 2.28. The van der Waals surface area contributed by atoms with Gasteiger partial charge in [0.05, 0.1) is 9.79 Å². The van der Waals surface area contributed by atoms with E-state index in [2.05, 4.69) is 0 Å². The maximum absolute atomic E-state index is 13.3. The predicted molar refractivity (Wildman–Crippen MR) is 113 cm³/mol. The molecule has 2 rings (SSSR count). The Balaban J connectivity index is 2.81. The number of nitrogens with two attached hydrogens (primary N) is 1. The third kappa shape index (κ3) is 5.06. The second-order valence-electron chi connectivity index (χ2n) is 6.23. The van der Waals surface area contributed by atoms with Gasteiger partial charge in [-0.2, -0.15) is 4.31 Å². The molecule has 0 bridgehead atoms. The summed E-state index contributed by atoms with van der Waals surface area (Å²) < 4.78 is 52.2. The zero-order chi connectivity index (χ0) is 21.1. The van der Waals surface area contributed by atoms with Gasteiger partial charge in [-0.15, -0.1) is 0 Å². The number of benzene rings is 2. The lowest BCUT2D eigenvalue weighted by Gasteiger charge is -2.23. The molecule has 0 saturated carbocycles. The number of sulfonamides is 2. The van der Waals surface area contributed by atoms with Crippen molar-refractivity contribution in [3.63, 3.8) is 0 Å². The summed E-state index contributed by atoms with van der Waals surface area (Å²) in [4.78, 5) is -0.328. The van der Waals surface area contributed by atoms with Gasteiger partial charge in [0.1, 0.15) is 0 Å². The Hall–Kier alpha value is -1.16. The van der Waals surface area contributed by atoms with Crippen molar-refractivity contribution in [1.82, 2.24) is 4.31 Å². The molecule has 0 heterocycles. The SMILES string of the molecule is CCCN(CCC)S(=O)(=O)c1cc(Cl)ccc1-c1ccc(Cl)cc1S(N)(=O)=O. The molecule has 2 aromatic rings. The Bertz CT molecular complexity index is 1060. The number of hydrogen-bond acceptors (Lipinski definition) is 4. The minimum Gasteiger partial charge on any atom is -0.225 e. The van der Waals surface area contributed by atoms with Crippen molar-refractivity contribution in [3.8, 4) is 11.1 Å². The second-order valence-corrected chi connectivity index (χ2v) is 10.5. The number of hydrogen-bond donors (Lipinski definition) is 1. The molecule has 0 aliphatic heterocycles. The van der Waals surface area contributed by atoms with Gasteiger partial charge in [0.25, 0.3) is 0 Å². The molecule has 6 nitrogen and oxygen atoms in total. The maximum atomic E-state index is 13.3. The minimum atomic E-state index is -4.14. The van der Waals surface area contributed by atoms with Crippen LogP contribution >= 0.6 is 23.2 Å². The summed E-state index contributed by atoms with van der Waals surface area (Å²) >= 11 is 12.0. The number of rotatable bonds is 8. The lowest BCUT2D eigenvalue weighted by atomic mass is 10.1. The van der Waals surface area contributed by atoms with Crippen molar-refractivity contribution in [2.75, 3.05) is 13.1 Å². The highest BCUT2D eigenvalue weighted by molar-refractivity contribution is 7.89. The van der Waals surface area contributed by atoms with Crippen molar-refractivity contribution in [2.24, 2.45) is 5.14 Å². The van der Waals surface area contributed by atoms with Crippen LogP contribution in [0.4, 0.5) is 0 Å². The van der Waals surface area contributed by atoms with Gasteiger partial charge in [-0.1, -0.05) is 49.2 Å². The monoisotopic (exact) mass is 464 g/mol. The van der Waals surface area contributed by atoms with Gasteiger partial charge in [-0.3, -0.25) is 0 Å². The Morgan fingerprint density at radius 2 is 1.25 bits per heavy atom. The molecule has 0 unspecified atom stereocenters. The molecule has 0 aliphatic carbocycles. The van der Waals surface area contributed by atoms with Gasteiger partial charge in [-0.25, -0.2) is 22.0 Å². The molecule has 0 fully saturated rings. The van der Waals surface area contributed by atoms with E-state index in [4.69, 9.17) is 28.3 Å². The molecule has 2 aromatic carbocycles. The quantitative estimate of drug-likeness (QED) is 0.634. The predicted octanol–water partition coefficient (Wildman–Crippen LogP) is 4.12. The van der Waals surface area contributed by atoms with Gasteiger partial charge >= 0.3 is 0 Å². The lowest BCUT2D eigenvalue weighted by Crippen LogP contribution is -2.33. The summed E-state index contributed by atoms with van der Waals surface area (Å²) in [6.45, 7) is 4.44. The van der Waals surface area contributed by atoms with Crippen LogP contribution in [0.3, 0.4) is 0 Å². The topological polar surface area (TPSA) is 97.5 Å². The molecule has 10 heteroatoms. The first-order valence-electron chi connectivity index (χ1n) is 8.64. The van der Waals surface area contributed by atoms with Crippen LogP contribution in [0, 0.1) is 0 Å². The molecule has 0 spiro atoms. The van der Waals surface area contributed by atoms with Crippen molar-refractivity contribution < 1.29 is 16.8 Å². The zero-order valence-electron chi connectivity index (χ0n) is 15.5. The normalized spacial score (nSPS) is 12.5. The number of primary sulfonamides is 1. The average Bonchev–Trinajstić information content (AvgIpc) is 2.61. The van der Waals surface area contributed by atoms with Gasteiger partial charge in [0.2, 0.25) is 20.0 Å². The van der Waals surface area contributed by atoms with Crippen molar-refractivity contribution in [1.29, 1.82) is 0 Å². The number of nitrogens with zero attached hydrogens (tertiary/aromatic N) is 1. The van der Waals surface area contributed by atoms with Crippen LogP contribution < -0.4 is 5.14 Å². The smallest absolute Gasteiger partial charge is 0.225 e. The molecule has 2 N–H and O–H groups in total. The van der Waals surface area contributed by atoms with E-state index >= 15 is 0 Å². The highest BCUT2D eigenvalue weighted by atomic mass is 35.5. The fourth-order valence-electron chi connectivity index (χ4n) is 2.88. The van der Waals surface area contributed by atoms with Crippen LogP contribution in [-0.2, 0) is 20.0 Å². The lowest BCUT2D eigenvalue weighted by molar-refractivity contribution is 0.410. The van der Waals surface area contributed by atoms with Crippen molar-refractivity contribution in [2.45, 2.75) is 36.5 Å². The molecule has 0 amide bonds. The number of halogens is 2. The van der Waals surface area contributed by atoms with Crippen LogP contribution in [0.1, 0.15) is 26.7 Å². The Morgan fingerprint density at radius 1 is 0.821 bits per heavy atom. The van der Waals surface area contributed by atoms with E-state index in [1.165, 1.54) is 40.7 Å². The van der Waals surface area contributed by atoms with E-state index in [1.54, 1.807) is 0 Å². The molecular weight excluding hydrogens is 443 g/mol. The third-order valence-electron chi connectivity index (χ3n) is 4.05. The summed E-state index contributed by atoms with van der Waals surface area (Å²) in [5.41, 5.74) is 0.345. The fraction of sp³-hybridized carbons (Fsp3) is 0.333. The summed E-state index contributed by atoms with van der Waals surface area (Å²) in [5.74, 6) is 0. The molecule has 0 radical (unpaired) electrons. The highest BCUT2D eigenvalue weighted by Crippen LogP contribution is 2.36. The van der Waals surface area contributed by atoms with E-state index in [1.807, 2.05) is 13.8 Å². The first kappa shape index (κ1) is 23.1. The molecule has 0 atom stereocenters. The Kier molecular flexibility index (Phi) is 7.52. The summed E-state index contributed by atoms with van der Waals surface area (Å²) in [5, 5.41) is 5.73. The standard InChI is InChI=1S/C18H22Cl2N2O4S2/c1-3-9-22(10-4-2)28(25,26)18-12-14(20)6-8-16(18)15-7-5-13(19)11-17(15)27(21,23)24/h5-8,11-12H,3-4,9-10H2,1-2H3,(H2,21,23,24). The van der Waals surface area contributed by atoms with Crippen LogP contribution in [0.2, 0.25) is 10.0 Å². The van der Waals surface area contributed by atoms with Gasteiger partial charge < -0.3 is 0 Å². The van der Waals surface area contributed by atoms with Gasteiger partial charge in [0.15, 0.2) is 0 Å². The largest absolute Gasteiger partial charge is 0.243 e. The van der Waals surface area contributed by atoms with Gasteiger partial charge in [0, 0.05) is 34.3 Å². The molecule has 154 valence electrons.